The molecule has 1 saturated heterocycles. The van der Waals surface area contributed by atoms with Crippen LogP contribution in [0.1, 0.15) is 18.9 Å². The van der Waals surface area contributed by atoms with E-state index in [0.717, 1.165) is 5.56 Å². The third-order valence-corrected chi connectivity index (χ3v) is 6.27. The van der Waals surface area contributed by atoms with Crippen LogP contribution in [-0.2, 0) is 10.0 Å². The highest BCUT2D eigenvalue weighted by Gasteiger charge is 2.60. The molecule has 1 aliphatic rings. The lowest BCUT2D eigenvalue weighted by molar-refractivity contribution is -0.743. The minimum Gasteiger partial charge on any atom is -0.435 e. The number of hydrogen-bond acceptors (Lipinski definition) is 4. The number of benzene rings is 1. The second-order valence-corrected chi connectivity index (χ2v) is 7.36. The van der Waals surface area contributed by atoms with Gasteiger partial charge in [0.1, 0.15) is 23.6 Å². The largest absolute Gasteiger partial charge is 0.529 e. The zero-order valence-corrected chi connectivity index (χ0v) is 12.2. The van der Waals surface area contributed by atoms with E-state index in [1.54, 1.807) is 12.1 Å². The normalized spacial score (nSPS) is 30.4. The fourth-order valence-electron chi connectivity index (χ4n) is 2.73. The summed E-state index contributed by atoms with van der Waals surface area (Å²) in [6.45, 7) is 3.03. The molecule has 2 N–H and O–H groups in total. The average Bonchev–Trinajstić information content (AvgIpc) is 2.66. The molecule has 3 atom stereocenters. The molecular formula is C13H18NO5S+. The number of carboxylic acid groups (broad SMARTS) is 1. The van der Waals surface area contributed by atoms with Gasteiger partial charge in [-0.3, -0.25) is 0 Å². The topological polar surface area (TPSA) is 91.7 Å². The Balaban J connectivity index is 2.60. The van der Waals surface area contributed by atoms with Crippen LogP contribution in [0.3, 0.4) is 0 Å². The maximum absolute atomic E-state index is 12.7. The minimum atomic E-state index is -4.12. The third kappa shape index (κ3) is 2.02. The molecule has 1 aromatic carbocycles. The van der Waals surface area contributed by atoms with Gasteiger partial charge in [-0.05, 0) is 26.0 Å². The highest BCUT2D eigenvalue weighted by Crippen LogP contribution is 2.35. The predicted molar refractivity (Wildman–Crippen MR) is 71.6 cm³/mol. The molecule has 110 valence electrons. The number of aliphatic hydroxyl groups excluding tert-OH is 1. The van der Waals surface area contributed by atoms with E-state index in [1.165, 1.54) is 19.1 Å². The van der Waals surface area contributed by atoms with Gasteiger partial charge in [-0.15, -0.1) is 3.89 Å². The molecule has 0 radical (unpaired) electrons. The van der Waals surface area contributed by atoms with Crippen molar-refractivity contribution in [3.05, 3.63) is 29.8 Å². The van der Waals surface area contributed by atoms with E-state index >= 15 is 0 Å². The van der Waals surface area contributed by atoms with Crippen molar-refractivity contribution in [2.45, 2.75) is 37.3 Å². The summed E-state index contributed by atoms with van der Waals surface area (Å²) in [5.74, 6) is 0. The molecule has 0 aliphatic carbocycles. The van der Waals surface area contributed by atoms with Crippen LogP contribution < -0.4 is 0 Å². The number of aryl methyl sites for hydroxylation is 1. The average molecular weight is 300 g/mol. The number of aliphatic hydroxyl groups is 1. The summed E-state index contributed by atoms with van der Waals surface area (Å²) < 4.78 is 24.3. The van der Waals surface area contributed by atoms with Crippen molar-refractivity contribution >= 4 is 16.1 Å². The fourth-order valence-corrected chi connectivity index (χ4v) is 4.72. The Bertz CT molecular complexity index is 625. The Morgan fingerprint density at radius 3 is 2.25 bits per heavy atom. The standard InChI is InChI=1S/C13H17NO5S/c1-9-3-5-12(6-4-9)20(18,19)14(13(16)17)8-11(15)7-10(14)2/h3-6,10-11,15H,7-8H2,1-2H3/p+1/t10-,11+,14+/m1/s1. The van der Waals surface area contributed by atoms with Crippen LogP contribution in [0.4, 0.5) is 4.79 Å². The molecular weight excluding hydrogens is 282 g/mol. The minimum absolute atomic E-state index is 0.0357. The van der Waals surface area contributed by atoms with Crippen LogP contribution in [0, 0.1) is 6.92 Å². The van der Waals surface area contributed by atoms with Crippen molar-refractivity contribution in [2.75, 3.05) is 6.54 Å². The quantitative estimate of drug-likeness (QED) is 0.804. The molecule has 0 spiro atoms. The number of hydrogen-bond donors (Lipinski definition) is 2. The van der Waals surface area contributed by atoms with E-state index in [2.05, 4.69) is 0 Å². The van der Waals surface area contributed by atoms with Crippen molar-refractivity contribution in [2.24, 2.45) is 0 Å². The van der Waals surface area contributed by atoms with E-state index < -0.39 is 32.2 Å². The van der Waals surface area contributed by atoms with Crippen LogP contribution in [0.2, 0.25) is 0 Å². The smallest absolute Gasteiger partial charge is 0.435 e. The second kappa shape index (κ2) is 4.83. The third-order valence-electron chi connectivity index (χ3n) is 3.88. The Hall–Kier alpha value is -1.44. The summed E-state index contributed by atoms with van der Waals surface area (Å²) in [5, 5.41) is 19.2. The number of carbonyl (C=O) groups is 1. The molecule has 7 heteroatoms. The van der Waals surface area contributed by atoms with E-state index in [9.17, 15) is 23.4 Å². The number of sulfonamides is 1. The molecule has 0 bridgehead atoms. The zero-order chi connectivity index (χ0) is 15.1. The maximum atomic E-state index is 12.7. The van der Waals surface area contributed by atoms with Crippen LogP contribution >= 0.6 is 0 Å². The molecule has 1 heterocycles. The van der Waals surface area contributed by atoms with Gasteiger partial charge in [-0.25, -0.2) is 0 Å². The van der Waals surface area contributed by atoms with Gasteiger partial charge in [-0.2, -0.15) is 13.2 Å². The first-order valence-corrected chi connectivity index (χ1v) is 7.77. The van der Waals surface area contributed by atoms with Crippen molar-refractivity contribution in [3.63, 3.8) is 0 Å². The first-order chi connectivity index (χ1) is 9.21. The molecule has 0 aromatic heterocycles. The SMILES string of the molecule is Cc1ccc(S(=O)(=O)[N@@+]2(C(=O)O)C[C@@H](O)C[C@H]2C)cc1. The van der Waals surface area contributed by atoms with E-state index in [1.807, 2.05) is 6.92 Å². The Morgan fingerprint density at radius 2 is 1.85 bits per heavy atom. The highest BCUT2D eigenvalue weighted by molar-refractivity contribution is 7.86. The Morgan fingerprint density at radius 1 is 1.30 bits per heavy atom. The Labute approximate surface area is 117 Å². The summed E-state index contributed by atoms with van der Waals surface area (Å²) in [7, 11) is -4.12. The highest BCUT2D eigenvalue weighted by atomic mass is 32.2. The number of rotatable bonds is 2. The number of nitrogens with zero attached hydrogens (tertiary/aromatic N) is 1. The lowest BCUT2D eigenvalue weighted by Gasteiger charge is -2.30. The van der Waals surface area contributed by atoms with Gasteiger partial charge in [0.2, 0.25) is 0 Å². The van der Waals surface area contributed by atoms with Gasteiger partial charge >= 0.3 is 16.1 Å². The van der Waals surface area contributed by atoms with Crippen LogP contribution in [-0.4, -0.2) is 47.3 Å². The van der Waals surface area contributed by atoms with E-state index in [0.29, 0.717) is 0 Å². The first kappa shape index (κ1) is 15.0. The van der Waals surface area contributed by atoms with Crippen LogP contribution in [0.15, 0.2) is 29.2 Å². The van der Waals surface area contributed by atoms with Gasteiger partial charge in [0.15, 0.2) is 0 Å². The van der Waals surface area contributed by atoms with E-state index in [-0.39, 0.29) is 17.9 Å². The van der Waals surface area contributed by atoms with Crippen molar-refractivity contribution in [3.8, 4) is 0 Å². The van der Waals surface area contributed by atoms with Crippen LogP contribution in [0.5, 0.6) is 0 Å². The van der Waals surface area contributed by atoms with Crippen LogP contribution in [0.25, 0.3) is 0 Å². The predicted octanol–water partition coefficient (Wildman–Crippen LogP) is 1.33. The molecule has 6 nitrogen and oxygen atoms in total. The molecule has 1 aromatic rings. The lowest BCUT2D eigenvalue weighted by Crippen LogP contribution is -2.58. The van der Waals surface area contributed by atoms with Gasteiger partial charge in [-0.1, -0.05) is 17.7 Å². The van der Waals surface area contributed by atoms with Crippen molar-refractivity contribution in [1.29, 1.82) is 0 Å². The Kier molecular flexibility index (Phi) is 3.62. The molecule has 1 amide bonds. The molecule has 2 rings (SSSR count). The lowest BCUT2D eigenvalue weighted by atomic mass is 10.2. The van der Waals surface area contributed by atoms with Gasteiger partial charge < -0.3 is 10.2 Å². The molecule has 1 aliphatic heterocycles. The molecule has 0 unspecified atom stereocenters. The van der Waals surface area contributed by atoms with Gasteiger partial charge in [0.05, 0.1) is 0 Å². The molecule has 0 saturated carbocycles. The summed E-state index contributed by atoms with van der Waals surface area (Å²) in [6.07, 6.45) is -2.23. The van der Waals surface area contributed by atoms with Gasteiger partial charge in [0, 0.05) is 6.42 Å². The molecule has 1 fully saturated rings. The number of likely N-dealkylation sites (tertiary alicyclic amines) is 1. The number of amides is 1. The monoisotopic (exact) mass is 300 g/mol. The van der Waals surface area contributed by atoms with Crippen molar-refractivity contribution < 1.29 is 27.3 Å². The summed E-state index contributed by atoms with van der Waals surface area (Å²) in [4.78, 5) is 11.6. The number of quaternary nitrogens is 1. The second-order valence-electron chi connectivity index (χ2n) is 5.29. The first-order valence-electron chi connectivity index (χ1n) is 6.33. The summed E-state index contributed by atoms with van der Waals surface area (Å²) in [5.41, 5.74) is 0.889. The van der Waals surface area contributed by atoms with E-state index in [4.69, 9.17) is 0 Å². The summed E-state index contributed by atoms with van der Waals surface area (Å²) >= 11 is 0. The fraction of sp³-hybridized carbons (Fsp3) is 0.462. The summed E-state index contributed by atoms with van der Waals surface area (Å²) in [6, 6.07) is 5.37. The maximum Gasteiger partial charge on any atom is 0.529 e. The van der Waals surface area contributed by atoms with Crippen molar-refractivity contribution in [1.82, 2.24) is 0 Å². The zero-order valence-electron chi connectivity index (χ0n) is 11.4. The molecule has 20 heavy (non-hydrogen) atoms. The van der Waals surface area contributed by atoms with Gasteiger partial charge in [0.25, 0.3) is 0 Å².